The highest BCUT2D eigenvalue weighted by Gasteiger charge is 2.41. The smallest absolute Gasteiger partial charge is 0.252 e. The average molecular weight is 351 g/mol. The lowest BCUT2D eigenvalue weighted by Gasteiger charge is -2.25. The molecule has 1 aliphatic heterocycles. The van der Waals surface area contributed by atoms with Gasteiger partial charge < -0.3 is 4.90 Å². The van der Waals surface area contributed by atoms with Crippen LogP contribution >= 0.6 is 11.3 Å². The largest absolute Gasteiger partial charge is 0.304 e. The Kier molecular flexibility index (Phi) is 4.60. The van der Waals surface area contributed by atoms with Crippen LogP contribution in [0.4, 0.5) is 0 Å². The van der Waals surface area contributed by atoms with Crippen LogP contribution in [-0.4, -0.2) is 50.8 Å². The summed E-state index contributed by atoms with van der Waals surface area (Å²) in [5.74, 6) is 0.195. The fourth-order valence-electron chi connectivity index (χ4n) is 3.15. The number of rotatable bonds is 4. The molecule has 0 bridgehead atoms. The van der Waals surface area contributed by atoms with E-state index in [1.165, 1.54) is 22.5 Å². The maximum Gasteiger partial charge on any atom is 0.252 e. The molecule has 0 amide bonds. The van der Waals surface area contributed by atoms with E-state index in [-0.39, 0.29) is 12.0 Å². The first-order valence-electron chi connectivity index (χ1n) is 7.66. The van der Waals surface area contributed by atoms with Gasteiger partial charge in [-0.15, -0.1) is 11.3 Å². The number of hydrogen-bond acceptors (Lipinski definition) is 4. The van der Waals surface area contributed by atoms with Gasteiger partial charge in [0.2, 0.25) is 0 Å². The van der Waals surface area contributed by atoms with Gasteiger partial charge >= 0.3 is 0 Å². The molecule has 0 N–H and O–H groups in total. The molecule has 3 rings (SSSR count). The van der Waals surface area contributed by atoms with Crippen LogP contribution in [-0.2, 0) is 10.0 Å². The number of benzene rings is 1. The van der Waals surface area contributed by atoms with Gasteiger partial charge in [0.1, 0.15) is 4.21 Å². The quantitative estimate of drug-likeness (QED) is 0.851. The molecule has 1 aliphatic rings. The lowest BCUT2D eigenvalue weighted by Crippen LogP contribution is -2.35. The Morgan fingerprint density at radius 1 is 1.13 bits per heavy atom. The lowest BCUT2D eigenvalue weighted by atomic mass is 9.93. The van der Waals surface area contributed by atoms with Gasteiger partial charge in [0, 0.05) is 25.0 Å². The number of likely N-dealkylation sites (N-methyl/N-ethyl adjacent to an activating group) is 1. The second-order valence-electron chi connectivity index (χ2n) is 6.30. The molecule has 1 saturated heterocycles. The van der Waals surface area contributed by atoms with Crippen LogP contribution in [0.1, 0.15) is 17.0 Å². The first-order chi connectivity index (χ1) is 10.9. The molecule has 124 valence electrons. The Hall–Kier alpha value is -1.21. The Morgan fingerprint density at radius 3 is 2.39 bits per heavy atom. The summed E-state index contributed by atoms with van der Waals surface area (Å²) in [6, 6.07) is 12.1. The Bertz CT molecular complexity index is 752. The van der Waals surface area contributed by atoms with Crippen molar-refractivity contribution in [2.24, 2.45) is 0 Å². The Morgan fingerprint density at radius 2 is 1.83 bits per heavy atom. The van der Waals surface area contributed by atoms with Crippen molar-refractivity contribution in [1.82, 2.24) is 9.21 Å². The number of hydrogen-bond donors (Lipinski definition) is 0. The summed E-state index contributed by atoms with van der Waals surface area (Å²) < 4.78 is 27.7. The van der Waals surface area contributed by atoms with Gasteiger partial charge in [0.25, 0.3) is 10.0 Å². The Labute approximate surface area is 142 Å². The van der Waals surface area contributed by atoms with Crippen LogP contribution < -0.4 is 0 Å². The van der Waals surface area contributed by atoms with Crippen molar-refractivity contribution in [3.05, 3.63) is 52.9 Å². The van der Waals surface area contributed by atoms with Gasteiger partial charge in [0.05, 0.1) is 0 Å². The minimum Gasteiger partial charge on any atom is -0.304 e. The zero-order chi connectivity index (χ0) is 16.6. The molecule has 2 heterocycles. The molecule has 1 fully saturated rings. The van der Waals surface area contributed by atoms with Gasteiger partial charge in [0.15, 0.2) is 0 Å². The molecule has 6 heteroatoms. The van der Waals surface area contributed by atoms with Crippen LogP contribution in [0.15, 0.2) is 46.0 Å². The van der Waals surface area contributed by atoms with E-state index in [9.17, 15) is 8.42 Å². The normalized spacial score (nSPS) is 22.8. The molecule has 4 nitrogen and oxygen atoms in total. The van der Waals surface area contributed by atoms with Crippen LogP contribution in [0.25, 0.3) is 0 Å². The SMILES string of the molecule is Cc1ccc([C@@H]2CN(S(=O)(=O)c3cccs3)C[C@H]2N(C)C)cc1. The highest BCUT2D eigenvalue weighted by molar-refractivity contribution is 7.91. The van der Waals surface area contributed by atoms with Crippen LogP contribution in [0.5, 0.6) is 0 Å². The van der Waals surface area contributed by atoms with E-state index in [2.05, 4.69) is 36.1 Å². The summed E-state index contributed by atoms with van der Waals surface area (Å²) >= 11 is 1.28. The summed E-state index contributed by atoms with van der Waals surface area (Å²) in [6.07, 6.45) is 0. The predicted octanol–water partition coefficient (Wildman–Crippen LogP) is 2.77. The van der Waals surface area contributed by atoms with Crippen LogP contribution in [0, 0.1) is 6.92 Å². The third-order valence-corrected chi connectivity index (χ3v) is 7.72. The summed E-state index contributed by atoms with van der Waals surface area (Å²) in [5, 5.41) is 1.81. The van der Waals surface area contributed by atoms with E-state index in [1.807, 2.05) is 19.5 Å². The number of aryl methyl sites for hydroxylation is 1. The molecule has 2 aromatic rings. The highest BCUT2D eigenvalue weighted by atomic mass is 32.2. The van der Waals surface area contributed by atoms with E-state index in [1.54, 1.807) is 16.4 Å². The minimum atomic E-state index is -3.39. The fourth-order valence-corrected chi connectivity index (χ4v) is 5.78. The van der Waals surface area contributed by atoms with Crippen molar-refractivity contribution in [1.29, 1.82) is 0 Å². The first-order valence-corrected chi connectivity index (χ1v) is 9.98. The van der Waals surface area contributed by atoms with Crippen molar-refractivity contribution in [2.75, 3.05) is 27.2 Å². The molecular formula is C17H22N2O2S2. The summed E-state index contributed by atoms with van der Waals surface area (Å²) in [4.78, 5) is 2.13. The van der Waals surface area contributed by atoms with E-state index in [0.29, 0.717) is 17.3 Å². The van der Waals surface area contributed by atoms with Gasteiger partial charge in [-0.05, 0) is 38.0 Å². The van der Waals surface area contributed by atoms with Gasteiger partial charge in [-0.25, -0.2) is 8.42 Å². The maximum absolute atomic E-state index is 12.8. The zero-order valence-corrected chi connectivity index (χ0v) is 15.3. The molecule has 0 radical (unpaired) electrons. The van der Waals surface area contributed by atoms with E-state index < -0.39 is 10.0 Å². The van der Waals surface area contributed by atoms with Crippen LogP contribution in [0.3, 0.4) is 0 Å². The number of sulfonamides is 1. The van der Waals surface area contributed by atoms with Crippen molar-refractivity contribution in [3.8, 4) is 0 Å². The van der Waals surface area contributed by atoms with E-state index in [0.717, 1.165) is 0 Å². The second-order valence-corrected chi connectivity index (χ2v) is 9.41. The van der Waals surface area contributed by atoms with Crippen molar-refractivity contribution < 1.29 is 8.42 Å². The van der Waals surface area contributed by atoms with Crippen molar-refractivity contribution in [3.63, 3.8) is 0 Å². The molecule has 0 spiro atoms. The number of thiophene rings is 1. The topological polar surface area (TPSA) is 40.6 Å². The maximum atomic E-state index is 12.8. The fraction of sp³-hybridized carbons (Fsp3) is 0.412. The molecule has 23 heavy (non-hydrogen) atoms. The minimum absolute atomic E-state index is 0.187. The highest BCUT2D eigenvalue weighted by Crippen LogP contribution is 2.34. The average Bonchev–Trinajstić information content (AvgIpc) is 3.18. The monoisotopic (exact) mass is 350 g/mol. The molecule has 2 atom stereocenters. The molecule has 0 aliphatic carbocycles. The predicted molar refractivity (Wildman–Crippen MR) is 94.5 cm³/mol. The number of nitrogens with zero attached hydrogens (tertiary/aromatic N) is 2. The van der Waals surface area contributed by atoms with Gasteiger partial charge in [-0.3, -0.25) is 0 Å². The molecule has 1 aromatic carbocycles. The summed E-state index contributed by atoms with van der Waals surface area (Å²) in [5.41, 5.74) is 2.43. The third kappa shape index (κ3) is 3.21. The molecule has 0 unspecified atom stereocenters. The first kappa shape index (κ1) is 16.6. The second kappa shape index (κ2) is 6.36. The molecule has 0 saturated carbocycles. The van der Waals surface area contributed by atoms with Crippen molar-refractivity contribution in [2.45, 2.75) is 23.1 Å². The summed E-state index contributed by atoms with van der Waals surface area (Å²) in [6.45, 7) is 3.13. The summed E-state index contributed by atoms with van der Waals surface area (Å²) in [7, 11) is 0.656. The van der Waals surface area contributed by atoms with Crippen LogP contribution in [0.2, 0.25) is 0 Å². The van der Waals surface area contributed by atoms with E-state index in [4.69, 9.17) is 0 Å². The Balaban J connectivity index is 1.91. The van der Waals surface area contributed by atoms with E-state index >= 15 is 0 Å². The molecule has 1 aromatic heterocycles. The van der Waals surface area contributed by atoms with Crippen molar-refractivity contribution >= 4 is 21.4 Å². The zero-order valence-electron chi connectivity index (χ0n) is 13.6. The third-order valence-electron chi connectivity index (χ3n) is 4.51. The van der Waals surface area contributed by atoms with Gasteiger partial charge in [-0.2, -0.15) is 4.31 Å². The molecular weight excluding hydrogens is 328 g/mol. The lowest BCUT2D eigenvalue weighted by molar-refractivity contribution is 0.285. The standard InChI is InChI=1S/C17H22N2O2S2/c1-13-6-8-14(9-7-13)15-11-19(12-16(15)18(2)3)23(20,21)17-5-4-10-22-17/h4-10,15-16H,11-12H2,1-3H3/t15-,16+/m0/s1. The van der Waals surface area contributed by atoms with Gasteiger partial charge in [-0.1, -0.05) is 35.9 Å².